The lowest BCUT2D eigenvalue weighted by molar-refractivity contribution is 0.905. The number of nitrogens with zero attached hydrogens (tertiary/aromatic N) is 2. The van der Waals surface area contributed by atoms with Crippen LogP contribution in [0.3, 0.4) is 0 Å². The van der Waals surface area contributed by atoms with E-state index in [0.717, 1.165) is 11.3 Å². The van der Waals surface area contributed by atoms with Crippen LogP contribution < -0.4 is 0 Å². The second-order valence-corrected chi connectivity index (χ2v) is 3.25. The number of hydrogen-bond acceptors (Lipinski definition) is 3. The van der Waals surface area contributed by atoms with Crippen molar-refractivity contribution < 1.29 is 0 Å². The first kappa shape index (κ1) is 13.5. The van der Waals surface area contributed by atoms with Crippen LogP contribution in [0.25, 0.3) is 0 Å². The fraction of sp³-hybridized carbons (Fsp3) is 0.545. The van der Waals surface area contributed by atoms with Crippen molar-refractivity contribution in [1.82, 2.24) is 10.2 Å². The molecule has 0 atom stereocenters. The second kappa shape index (κ2) is 6.92. The van der Waals surface area contributed by atoms with Gasteiger partial charge in [0.15, 0.2) is 5.82 Å². The molecule has 1 aromatic rings. The maximum atomic E-state index is 7.17. The lowest BCUT2D eigenvalue weighted by atomic mass is 10.2. The summed E-state index contributed by atoms with van der Waals surface area (Å²) in [5, 5.41) is 14.0. The van der Waals surface area contributed by atoms with Gasteiger partial charge in [0.2, 0.25) is 0 Å². The van der Waals surface area contributed by atoms with Crippen LogP contribution in [-0.4, -0.2) is 22.6 Å². The number of H-pyrrole nitrogens is 1. The van der Waals surface area contributed by atoms with E-state index in [2.05, 4.69) is 15.2 Å². The Morgan fingerprint density at radius 1 is 1.40 bits per heavy atom. The Labute approximate surface area is 91.3 Å². The van der Waals surface area contributed by atoms with Crippen LogP contribution in [0.5, 0.6) is 0 Å². The summed E-state index contributed by atoms with van der Waals surface area (Å²) >= 11 is 0. The fourth-order valence-electron chi connectivity index (χ4n) is 0.916. The zero-order chi connectivity index (χ0) is 11.8. The molecule has 0 amide bonds. The van der Waals surface area contributed by atoms with Crippen molar-refractivity contribution in [2.45, 2.75) is 34.6 Å². The predicted molar refractivity (Wildman–Crippen MR) is 65.5 cm³/mol. The second-order valence-electron chi connectivity index (χ2n) is 3.25. The van der Waals surface area contributed by atoms with Crippen LogP contribution in [-0.2, 0) is 0 Å². The highest BCUT2D eigenvalue weighted by molar-refractivity contribution is 5.85. The normalized spacial score (nSPS) is 10.3. The molecule has 0 aliphatic rings. The van der Waals surface area contributed by atoms with Crippen molar-refractivity contribution in [1.29, 1.82) is 5.41 Å². The fourth-order valence-corrected chi connectivity index (χ4v) is 0.916. The Balaban J connectivity index is 0.000000921. The van der Waals surface area contributed by atoms with Gasteiger partial charge >= 0.3 is 0 Å². The van der Waals surface area contributed by atoms with E-state index in [1.54, 1.807) is 0 Å². The molecule has 1 rings (SSSR count). The van der Waals surface area contributed by atoms with Crippen LogP contribution in [0.2, 0.25) is 0 Å². The first-order chi connectivity index (χ1) is 7.15. The Hall–Kier alpha value is -1.45. The molecule has 0 fully saturated rings. The average molecular weight is 208 g/mol. The van der Waals surface area contributed by atoms with Crippen molar-refractivity contribution in [3.63, 3.8) is 0 Å². The molecule has 4 heteroatoms. The standard InChI is InChI=1S/C9H14N4.C2H6/c1-6(2)5-11-9-8(4-10)7(3)12-13-9;1-2/h4-6,10H,1-3H3,(H,12,13);1-2H3. The molecule has 0 aliphatic heterocycles. The first-order valence-corrected chi connectivity index (χ1v) is 5.24. The van der Waals surface area contributed by atoms with Gasteiger partial charge in [-0.15, -0.1) is 0 Å². The third-order valence-corrected chi connectivity index (χ3v) is 1.61. The minimum absolute atomic E-state index is 0.399. The summed E-state index contributed by atoms with van der Waals surface area (Å²) in [6, 6.07) is 0. The molecular formula is C11H20N4. The smallest absolute Gasteiger partial charge is 0.182 e. The van der Waals surface area contributed by atoms with E-state index in [0.29, 0.717) is 11.7 Å². The predicted octanol–water partition coefficient (Wildman–Crippen LogP) is 3.10. The number of aliphatic imine (C=N–C) groups is 1. The van der Waals surface area contributed by atoms with Gasteiger partial charge in [-0.2, -0.15) is 5.10 Å². The largest absolute Gasteiger partial charge is 0.308 e. The first-order valence-electron chi connectivity index (χ1n) is 5.24. The molecule has 0 radical (unpaired) electrons. The van der Waals surface area contributed by atoms with Crippen molar-refractivity contribution in [2.75, 3.05) is 0 Å². The highest BCUT2D eigenvalue weighted by Gasteiger charge is 2.05. The van der Waals surface area contributed by atoms with Gasteiger partial charge in [0.25, 0.3) is 0 Å². The Morgan fingerprint density at radius 3 is 2.47 bits per heavy atom. The molecular weight excluding hydrogens is 188 g/mol. The minimum Gasteiger partial charge on any atom is -0.308 e. The van der Waals surface area contributed by atoms with Crippen LogP contribution in [0.15, 0.2) is 4.99 Å². The summed E-state index contributed by atoms with van der Waals surface area (Å²) in [6.45, 7) is 9.97. The molecule has 0 aliphatic carbocycles. The number of aromatic amines is 1. The Morgan fingerprint density at radius 2 is 2.00 bits per heavy atom. The molecule has 84 valence electrons. The molecule has 0 unspecified atom stereocenters. The number of hydrogen-bond donors (Lipinski definition) is 2. The molecule has 0 spiro atoms. The summed E-state index contributed by atoms with van der Waals surface area (Å²) in [6.07, 6.45) is 3.09. The molecule has 1 aromatic heterocycles. The van der Waals surface area contributed by atoms with Gasteiger partial charge in [0.1, 0.15) is 0 Å². The lowest BCUT2D eigenvalue weighted by Crippen LogP contribution is -1.87. The van der Waals surface area contributed by atoms with Gasteiger partial charge in [-0.05, 0) is 12.8 Å². The number of aryl methyl sites for hydroxylation is 1. The molecule has 0 aromatic carbocycles. The SMILES string of the molecule is CC.Cc1[nH]nc(N=CC(C)C)c1C=N. The zero-order valence-corrected chi connectivity index (χ0v) is 10.1. The maximum absolute atomic E-state index is 7.17. The molecule has 2 N–H and O–H groups in total. The Bertz CT molecular complexity index is 323. The third kappa shape index (κ3) is 4.06. The maximum Gasteiger partial charge on any atom is 0.182 e. The van der Waals surface area contributed by atoms with Crippen LogP contribution in [0.1, 0.15) is 39.0 Å². The van der Waals surface area contributed by atoms with Gasteiger partial charge in [0.05, 0.1) is 5.56 Å². The van der Waals surface area contributed by atoms with E-state index in [-0.39, 0.29) is 0 Å². The van der Waals surface area contributed by atoms with Crippen molar-refractivity contribution in [3.8, 4) is 0 Å². The number of rotatable bonds is 3. The summed E-state index contributed by atoms with van der Waals surface area (Å²) < 4.78 is 0. The van der Waals surface area contributed by atoms with E-state index >= 15 is 0 Å². The Kier molecular flexibility index (Phi) is 6.25. The zero-order valence-electron chi connectivity index (χ0n) is 10.1. The summed E-state index contributed by atoms with van der Waals surface area (Å²) in [7, 11) is 0. The van der Waals surface area contributed by atoms with Crippen LogP contribution in [0.4, 0.5) is 5.82 Å². The molecule has 0 saturated heterocycles. The summed E-state index contributed by atoms with van der Waals surface area (Å²) in [5.74, 6) is 0.997. The summed E-state index contributed by atoms with van der Waals surface area (Å²) in [5.41, 5.74) is 1.64. The topological polar surface area (TPSA) is 64.9 Å². The van der Waals surface area contributed by atoms with E-state index in [9.17, 15) is 0 Å². The van der Waals surface area contributed by atoms with Gasteiger partial charge in [-0.1, -0.05) is 27.7 Å². The third-order valence-electron chi connectivity index (χ3n) is 1.61. The number of aromatic nitrogens is 2. The van der Waals surface area contributed by atoms with Crippen LogP contribution >= 0.6 is 0 Å². The van der Waals surface area contributed by atoms with Gasteiger partial charge < -0.3 is 5.41 Å². The summed E-state index contributed by atoms with van der Waals surface area (Å²) in [4.78, 5) is 4.18. The van der Waals surface area contributed by atoms with Crippen molar-refractivity contribution in [2.24, 2.45) is 10.9 Å². The van der Waals surface area contributed by atoms with Gasteiger partial charge in [0, 0.05) is 18.1 Å². The molecule has 15 heavy (non-hydrogen) atoms. The number of nitrogens with one attached hydrogen (secondary N) is 2. The monoisotopic (exact) mass is 208 g/mol. The quantitative estimate of drug-likeness (QED) is 0.736. The molecule has 1 heterocycles. The highest BCUT2D eigenvalue weighted by Crippen LogP contribution is 2.16. The van der Waals surface area contributed by atoms with E-state index in [1.807, 2.05) is 40.8 Å². The average Bonchev–Trinajstić information content (AvgIpc) is 2.59. The van der Waals surface area contributed by atoms with Crippen LogP contribution in [0, 0.1) is 18.3 Å². The van der Waals surface area contributed by atoms with Gasteiger partial charge in [-0.25, -0.2) is 4.99 Å². The van der Waals surface area contributed by atoms with E-state index in [1.165, 1.54) is 6.21 Å². The highest BCUT2D eigenvalue weighted by atomic mass is 15.2. The van der Waals surface area contributed by atoms with E-state index < -0.39 is 0 Å². The minimum atomic E-state index is 0.399. The van der Waals surface area contributed by atoms with E-state index in [4.69, 9.17) is 5.41 Å². The molecule has 4 nitrogen and oxygen atoms in total. The molecule has 0 saturated carbocycles. The lowest BCUT2D eigenvalue weighted by Gasteiger charge is -1.92. The van der Waals surface area contributed by atoms with Gasteiger partial charge in [-0.3, -0.25) is 5.10 Å². The van der Waals surface area contributed by atoms with Crippen molar-refractivity contribution >= 4 is 18.2 Å². The molecule has 0 bridgehead atoms. The van der Waals surface area contributed by atoms with Crippen molar-refractivity contribution in [3.05, 3.63) is 11.3 Å².